The van der Waals surface area contributed by atoms with Gasteiger partial charge < -0.3 is 10.1 Å². The Morgan fingerprint density at radius 1 is 1.55 bits per heavy atom. The summed E-state index contributed by atoms with van der Waals surface area (Å²) in [7, 11) is 1.61. The number of nitrogens with one attached hydrogen (secondary N) is 1. The Labute approximate surface area is 125 Å². The fourth-order valence-corrected chi connectivity index (χ4v) is 2.17. The summed E-state index contributed by atoms with van der Waals surface area (Å²) >= 11 is 3.25. The molecule has 110 valence electrons. The van der Waals surface area contributed by atoms with Gasteiger partial charge in [0.2, 0.25) is 5.91 Å². The first kappa shape index (κ1) is 16.6. The van der Waals surface area contributed by atoms with E-state index in [0.717, 1.165) is 6.42 Å². The van der Waals surface area contributed by atoms with E-state index in [0.29, 0.717) is 16.6 Å². The molecule has 0 radical (unpaired) electrons. The molecule has 0 heterocycles. The molecule has 0 aliphatic heterocycles. The molecule has 1 amide bonds. The van der Waals surface area contributed by atoms with Gasteiger partial charge in [-0.3, -0.25) is 14.9 Å². The summed E-state index contributed by atoms with van der Waals surface area (Å²) in [5.74, 6) is -0.122. The van der Waals surface area contributed by atoms with E-state index in [4.69, 9.17) is 4.74 Å². The van der Waals surface area contributed by atoms with E-state index >= 15 is 0 Å². The molecule has 1 N–H and O–H groups in total. The second-order valence-electron chi connectivity index (χ2n) is 4.46. The largest absolute Gasteiger partial charge is 0.385 e. The SMILES string of the molecule is COCC[C@@H](C)NC(=O)Cc1ccc([N+](=O)[O-])cc1Br. The monoisotopic (exact) mass is 344 g/mol. The minimum absolute atomic E-state index is 0.00510. The lowest BCUT2D eigenvalue weighted by molar-refractivity contribution is -0.384. The number of halogens is 1. The van der Waals surface area contributed by atoms with Gasteiger partial charge >= 0.3 is 0 Å². The molecule has 6 nitrogen and oxygen atoms in total. The highest BCUT2D eigenvalue weighted by Gasteiger charge is 2.13. The Hall–Kier alpha value is -1.47. The van der Waals surface area contributed by atoms with Gasteiger partial charge in [-0.15, -0.1) is 0 Å². The van der Waals surface area contributed by atoms with E-state index in [9.17, 15) is 14.9 Å². The Morgan fingerprint density at radius 2 is 2.25 bits per heavy atom. The fourth-order valence-electron chi connectivity index (χ4n) is 1.66. The van der Waals surface area contributed by atoms with E-state index in [1.54, 1.807) is 13.2 Å². The number of nitro groups is 1. The van der Waals surface area contributed by atoms with Crippen LogP contribution in [0, 0.1) is 10.1 Å². The first-order valence-electron chi connectivity index (χ1n) is 6.15. The zero-order chi connectivity index (χ0) is 15.1. The zero-order valence-electron chi connectivity index (χ0n) is 11.4. The molecule has 7 heteroatoms. The number of hydrogen-bond donors (Lipinski definition) is 1. The number of nitrogens with zero attached hydrogens (tertiary/aromatic N) is 1. The topological polar surface area (TPSA) is 81.5 Å². The maximum atomic E-state index is 11.9. The molecular formula is C13H17BrN2O4. The number of methoxy groups -OCH3 is 1. The Bertz CT molecular complexity index is 493. The van der Waals surface area contributed by atoms with Crippen LogP contribution < -0.4 is 5.32 Å². The van der Waals surface area contributed by atoms with Crippen molar-refractivity contribution in [3.05, 3.63) is 38.3 Å². The van der Waals surface area contributed by atoms with Gasteiger partial charge in [-0.05, 0) is 18.9 Å². The number of benzene rings is 1. The van der Waals surface area contributed by atoms with E-state index < -0.39 is 4.92 Å². The van der Waals surface area contributed by atoms with Crippen LogP contribution in [0.25, 0.3) is 0 Å². The van der Waals surface area contributed by atoms with Gasteiger partial charge in [0, 0.05) is 36.4 Å². The molecule has 1 rings (SSSR count). The van der Waals surface area contributed by atoms with Crippen molar-refractivity contribution in [2.24, 2.45) is 0 Å². The van der Waals surface area contributed by atoms with Crippen LogP contribution >= 0.6 is 15.9 Å². The minimum Gasteiger partial charge on any atom is -0.385 e. The second kappa shape index (κ2) is 7.96. The number of non-ortho nitro benzene ring substituents is 1. The maximum Gasteiger partial charge on any atom is 0.270 e. The maximum absolute atomic E-state index is 11.9. The molecule has 1 aromatic rings. The first-order chi connectivity index (χ1) is 9.43. The van der Waals surface area contributed by atoms with Crippen molar-refractivity contribution in [3.63, 3.8) is 0 Å². The average molecular weight is 345 g/mol. The number of rotatable bonds is 7. The molecule has 1 atom stereocenters. The van der Waals surface area contributed by atoms with Gasteiger partial charge in [-0.25, -0.2) is 0 Å². The molecule has 0 saturated heterocycles. The molecule has 0 unspecified atom stereocenters. The lowest BCUT2D eigenvalue weighted by Gasteiger charge is -2.13. The molecule has 0 spiro atoms. The predicted octanol–water partition coefficient (Wildman–Crippen LogP) is 2.44. The van der Waals surface area contributed by atoms with Crippen molar-refractivity contribution in [3.8, 4) is 0 Å². The summed E-state index contributed by atoms with van der Waals surface area (Å²) in [6.45, 7) is 2.49. The summed E-state index contributed by atoms with van der Waals surface area (Å²) in [5, 5.41) is 13.5. The van der Waals surface area contributed by atoms with Crippen LogP contribution in [0.15, 0.2) is 22.7 Å². The van der Waals surface area contributed by atoms with Crippen LogP contribution in [-0.4, -0.2) is 30.6 Å². The van der Waals surface area contributed by atoms with Crippen LogP contribution in [0.5, 0.6) is 0 Å². The molecule has 0 aliphatic carbocycles. The molecular weight excluding hydrogens is 328 g/mol. The summed E-state index contributed by atoms with van der Waals surface area (Å²) in [5.41, 5.74) is 0.710. The molecule has 20 heavy (non-hydrogen) atoms. The van der Waals surface area contributed by atoms with Crippen LogP contribution in [0.1, 0.15) is 18.9 Å². The summed E-state index contributed by atoms with van der Waals surface area (Å²) in [6.07, 6.45) is 0.916. The van der Waals surface area contributed by atoms with Crippen LogP contribution in [-0.2, 0) is 16.0 Å². The molecule has 0 aromatic heterocycles. The van der Waals surface area contributed by atoms with Gasteiger partial charge in [-0.1, -0.05) is 22.0 Å². The highest BCUT2D eigenvalue weighted by Crippen LogP contribution is 2.23. The number of carbonyl (C=O) groups excluding carboxylic acids is 1. The normalized spacial score (nSPS) is 11.9. The third kappa shape index (κ3) is 5.26. The van der Waals surface area contributed by atoms with Gasteiger partial charge in [0.25, 0.3) is 5.69 Å². The third-order valence-corrected chi connectivity index (χ3v) is 3.50. The van der Waals surface area contributed by atoms with E-state index in [2.05, 4.69) is 21.2 Å². The quantitative estimate of drug-likeness (QED) is 0.608. The molecule has 0 bridgehead atoms. The Morgan fingerprint density at radius 3 is 2.80 bits per heavy atom. The third-order valence-electron chi connectivity index (χ3n) is 2.76. The van der Waals surface area contributed by atoms with Crippen LogP contribution in [0.4, 0.5) is 5.69 Å². The fraction of sp³-hybridized carbons (Fsp3) is 0.462. The van der Waals surface area contributed by atoms with Gasteiger partial charge in [-0.2, -0.15) is 0 Å². The first-order valence-corrected chi connectivity index (χ1v) is 6.94. The van der Waals surface area contributed by atoms with Crippen LogP contribution in [0.3, 0.4) is 0 Å². The Kier molecular flexibility index (Phi) is 6.60. The minimum atomic E-state index is -0.471. The van der Waals surface area contributed by atoms with Gasteiger partial charge in [0.1, 0.15) is 0 Å². The van der Waals surface area contributed by atoms with E-state index in [1.807, 2.05) is 6.92 Å². The molecule has 0 aliphatic rings. The standard InChI is InChI=1S/C13H17BrN2O4/c1-9(5-6-20-2)15-13(17)7-10-3-4-11(16(18)19)8-12(10)14/h3-4,8-9H,5-7H2,1-2H3,(H,15,17)/t9-/m1/s1. The van der Waals surface area contributed by atoms with Crippen LogP contribution in [0.2, 0.25) is 0 Å². The zero-order valence-corrected chi connectivity index (χ0v) is 13.0. The predicted molar refractivity (Wildman–Crippen MR) is 78.6 cm³/mol. The number of ether oxygens (including phenoxy) is 1. The average Bonchev–Trinajstić information content (AvgIpc) is 2.38. The highest BCUT2D eigenvalue weighted by molar-refractivity contribution is 9.10. The summed E-state index contributed by atoms with van der Waals surface area (Å²) in [6, 6.07) is 4.40. The molecule has 0 fully saturated rings. The lowest BCUT2D eigenvalue weighted by atomic mass is 10.1. The summed E-state index contributed by atoms with van der Waals surface area (Å²) in [4.78, 5) is 22.0. The van der Waals surface area contributed by atoms with E-state index in [-0.39, 0.29) is 24.1 Å². The number of hydrogen-bond acceptors (Lipinski definition) is 4. The number of nitro benzene ring substituents is 1. The summed E-state index contributed by atoms with van der Waals surface area (Å²) < 4.78 is 5.51. The lowest BCUT2D eigenvalue weighted by Crippen LogP contribution is -2.34. The smallest absolute Gasteiger partial charge is 0.270 e. The molecule has 0 saturated carbocycles. The van der Waals surface area contributed by atoms with Crippen molar-refractivity contribution < 1.29 is 14.5 Å². The Balaban J connectivity index is 2.60. The van der Waals surface area contributed by atoms with Crippen molar-refractivity contribution in [2.45, 2.75) is 25.8 Å². The van der Waals surface area contributed by atoms with Crippen molar-refractivity contribution >= 4 is 27.5 Å². The van der Waals surface area contributed by atoms with Crippen molar-refractivity contribution in [1.29, 1.82) is 0 Å². The number of carbonyl (C=O) groups is 1. The highest BCUT2D eigenvalue weighted by atomic mass is 79.9. The molecule has 1 aromatic carbocycles. The van der Waals surface area contributed by atoms with Gasteiger partial charge in [0.15, 0.2) is 0 Å². The van der Waals surface area contributed by atoms with Crippen molar-refractivity contribution in [1.82, 2.24) is 5.32 Å². The van der Waals surface area contributed by atoms with E-state index in [1.165, 1.54) is 12.1 Å². The second-order valence-corrected chi connectivity index (χ2v) is 5.31. The van der Waals surface area contributed by atoms with Crippen molar-refractivity contribution in [2.75, 3.05) is 13.7 Å². The van der Waals surface area contributed by atoms with Gasteiger partial charge in [0.05, 0.1) is 11.3 Å². The number of amides is 1.